The molecule has 4 N–H and O–H groups in total. The Bertz CT molecular complexity index is 445. The molecule has 2 atom stereocenters. The number of amides is 1. The average Bonchev–Trinajstić information content (AvgIpc) is 2.55. The van der Waals surface area contributed by atoms with E-state index in [1.54, 1.807) is 6.07 Å². The number of hydrogen-bond acceptors (Lipinski definition) is 3. The van der Waals surface area contributed by atoms with Crippen LogP contribution in [0.1, 0.15) is 17.9 Å². The van der Waals surface area contributed by atoms with E-state index in [0.717, 1.165) is 11.3 Å². The molecule has 1 unspecified atom stereocenters. The molecule has 0 radical (unpaired) electrons. The molecular formula is C11H12N2O3. The van der Waals surface area contributed by atoms with Gasteiger partial charge in [-0.1, -0.05) is 18.2 Å². The van der Waals surface area contributed by atoms with Gasteiger partial charge in [-0.05, 0) is 18.1 Å². The van der Waals surface area contributed by atoms with Gasteiger partial charge in [0.2, 0.25) is 5.91 Å². The maximum Gasteiger partial charge on any atom is 0.320 e. The van der Waals surface area contributed by atoms with E-state index in [1.165, 1.54) is 0 Å². The summed E-state index contributed by atoms with van der Waals surface area (Å²) >= 11 is 0. The molecule has 5 nitrogen and oxygen atoms in total. The Labute approximate surface area is 92.3 Å². The van der Waals surface area contributed by atoms with Crippen molar-refractivity contribution in [3.05, 3.63) is 29.8 Å². The molecule has 1 aromatic rings. The normalized spacial score (nSPS) is 20.1. The molecular weight excluding hydrogens is 208 g/mol. The maximum absolute atomic E-state index is 11.6. The van der Waals surface area contributed by atoms with Crippen LogP contribution in [-0.2, 0) is 9.59 Å². The number of carbonyl (C=O) groups excluding carboxylic acids is 1. The number of nitrogens with one attached hydrogen (secondary N) is 1. The molecule has 84 valence electrons. The highest BCUT2D eigenvalue weighted by atomic mass is 16.4. The van der Waals surface area contributed by atoms with Gasteiger partial charge in [-0.3, -0.25) is 9.59 Å². The summed E-state index contributed by atoms with van der Waals surface area (Å²) in [4.78, 5) is 22.3. The monoisotopic (exact) mass is 220 g/mol. The molecule has 0 spiro atoms. The lowest BCUT2D eigenvalue weighted by molar-refractivity contribution is -0.138. The highest BCUT2D eigenvalue weighted by Gasteiger charge is 2.32. The van der Waals surface area contributed by atoms with Gasteiger partial charge >= 0.3 is 5.97 Å². The second kappa shape index (κ2) is 3.94. The second-order valence-electron chi connectivity index (χ2n) is 3.81. The number of benzene rings is 1. The third-order valence-electron chi connectivity index (χ3n) is 2.72. The van der Waals surface area contributed by atoms with E-state index in [1.807, 2.05) is 18.2 Å². The molecule has 0 aliphatic carbocycles. The number of nitrogens with two attached hydrogens (primary N) is 1. The lowest BCUT2D eigenvalue weighted by Crippen LogP contribution is -2.33. The average molecular weight is 220 g/mol. The smallest absolute Gasteiger partial charge is 0.320 e. The van der Waals surface area contributed by atoms with Crippen LogP contribution in [0.4, 0.5) is 5.69 Å². The lowest BCUT2D eigenvalue weighted by Gasteiger charge is -2.11. The molecule has 16 heavy (non-hydrogen) atoms. The van der Waals surface area contributed by atoms with Crippen LogP contribution in [0.25, 0.3) is 0 Å². The van der Waals surface area contributed by atoms with Gasteiger partial charge in [0.15, 0.2) is 0 Å². The van der Waals surface area contributed by atoms with Crippen LogP contribution in [0.2, 0.25) is 0 Å². The molecule has 0 saturated carbocycles. The summed E-state index contributed by atoms with van der Waals surface area (Å²) in [5, 5.41) is 11.4. The molecule has 1 aliphatic rings. The lowest BCUT2D eigenvalue weighted by atomic mass is 9.94. The summed E-state index contributed by atoms with van der Waals surface area (Å²) in [5.74, 6) is -1.72. The van der Waals surface area contributed by atoms with Crippen molar-refractivity contribution in [3.8, 4) is 0 Å². The van der Waals surface area contributed by atoms with Crippen molar-refractivity contribution in [1.29, 1.82) is 0 Å². The first kappa shape index (κ1) is 10.6. The summed E-state index contributed by atoms with van der Waals surface area (Å²) in [6.45, 7) is 0. The van der Waals surface area contributed by atoms with E-state index >= 15 is 0 Å². The molecule has 1 amide bonds. The largest absolute Gasteiger partial charge is 0.480 e. The van der Waals surface area contributed by atoms with Crippen molar-refractivity contribution >= 4 is 17.6 Å². The van der Waals surface area contributed by atoms with Crippen molar-refractivity contribution in [1.82, 2.24) is 0 Å². The zero-order chi connectivity index (χ0) is 11.7. The zero-order valence-corrected chi connectivity index (χ0v) is 8.51. The first-order valence-corrected chi connectivity index (χ1v) is 4.98. The van der Waals surface area contributed by atoms with E-state index in [9.17, 15) is 9.59 Å². The van der Waals surface area contributed by atoms with Crippen molar-refractivity contribution < 1.29 is 14.7 Å². The van der Waals surface area contributed by atoms with Gasteiger partial charge in [-0.15, -0.1) is 0 Å². The number of carboxylic acids is 1. The Balaban J connectivity index is 2.22. The van der Waals surface area contributed by atoms with Gasteiger partial charge in [-0.2, -0.15) is 0 Å². The van der Waals surface area contributed by atoms with Gasteiger partial charge < -0.3 is 16.2 Å². The second-order valence-corrected chi connectivity index (χ2v) is 3.81. The van der Waals surface area contributed by atoms with Crippen LogP contribution in [0.15, 0.2) is 24.3 Å². The fourth-order valence-corrected chi connectivity index (χ4v) is 1.86. The van der Waals surface area contributed by atoms with Crippen LogP contribution >= 0.6 is 0 Å². The van der Waals surface area contributed by atoms with Gasteiger partial charge in [0.1, 0.15) is 6.04 Å². The van der Waals surface area contributed by atoms with Gasteiger partial charge in [0, 0.05) is 5.69 Å². The topological polar surface area (TPSA) is 92.4 Å². The fraction of sp³-hybridized carbons (Fsp3) is 0.273. The molecule has 2 rings (SSSR count). The number of carbonyl (C=O) groups is 2. The number of carboxylic acid groups (broad SMARTS) is 1. The highest BCUT2D eigenvalue weighted by molar-refractivity contribution is 6.03. The van der Waals surface area contributed by atoms with E-state index < -0.39 is 17.9 Å². The number of hydrogen-bond donors (Lipinski definition) is 3. The van der Waals surface area contributed by atoms with Gasteiger partial charge in [0.25, 0.3) is 0 Å². The highest BCUT2D eigenvalue weighted by Crippen LogP contribution is 2.34. The third-order valence-corrected chi connectivity index (χ3v) is 2.72. The predicted molar refractivity (Wildman–Crippen MR) is 58.0 cm³/mol. The number of aliphatic carboxylic acids is 1. The Morgan fingerprint density at radius 2 is 2.19 bits per heavy atom. The summed E-state index contributed by atoms with van der Waals surface area (Å²) in [7, 11) is 0. The van der Waals surface area contributed by atoms with Crippen LogP contribution < -0.4 is 11.1 Å². The number of anilines is 1. The fourth-order valence-electron chi connectivity index (χ4n) is 1.86. The third kappa shape index (κ3) is 1.77. The first-order valence-electron chi connectivity index (χ1n) is 4.98. The Hall–Kier alpha value is -1.88. The molecule has 1 aromatic carbocycles. The Morgan fingerprint density at radius 3 is 2.88 bits per heavy atom. The van der Waals surface area contributed by atoms with Crippen LogP contribution in [0.5, 0.6) is 0 Å². The maximum atomic E-state index is 11.6. The standard InChI is InChI=1S/C11H12N2O3/c12-8(11(15)16)5-7-6-3-1-2-4-9(6)13-10(7)14/h1-4,7-8H,5,12H2,(H,13,14)(H,15,16)/t7?,8-/m1/s1. The van der Waals surface area contributed by atoms with E-state index in [0.29, 0.717) is 0 Å². The molecule has 0 fully saturated rings. The molecule has 1 aliphatic heterocycles. The number of fused-ring (bicyclic) bond motifs is 1. The summed E-state index contributed by atoms with van der Waals surface area (Å²) in [6, 6.07) is 6.23. The van der Waals surface area contributed by atoms with Crippen molar-refractivity contribution in [3.63, 3.8) is 0 Å². The SMILES string of the molecule is N[C@H](CC1C(=O)Nc2ccccc21)C(=O)O. The first-order chi connectivity index (χ1) is 7.59. The molecule has 0 bridgehead atoms. The van der Waals surface area contributed by atoms with Crippen molar-refractivity contribution in [2.45, 2.75) is 18.4 Å². The Morgan fingerprint density at radius 1 is 1.50 bits per heavy atom. The summed E-state index contributed by atoms with van der Waals surface area (Å²) in [5.41, 5.74) is 7.00. The molecule has 5 heteroatoms. The number of para-hydroxylation sites is 1. The minimum Gasteiger partial charge on any atom is -0.480 e. The van der Waals surface area contributed by atoms with Gasteiger partial charge in [-0.25, -0.2) is 0 Å². The molecule has 0 aromatic heterocycles. The van der Waals surface area contributed by atoms with Crippen LogP contribution in [0, 0.1) is 0 Å². The van der Waals surface area contributed by atoms with E-state index in [2.05, 4.69) is 5.32 Å². The predicted octanol–water partition coefficient (Wildman–Crippen LogP) is 0.524. The summed E-state index contributed by atoms with van der Waals surface area (Å²) in [6.07, 6.45) is 0.123. The minimum atomic E-state index is -1.09. The molecule has 1 heterocycles. The summed E-state index contributed by atoms with van der Waals surface area (Å²) < 4.78 is 0. The zero-order valence-electron chi connectivity index (χ0n) is 8.51. The van der Waals surface area contributed by atoms with E-state index in [-0.39, 0.29) is 12.3 Å². The number of rotatable bonds is 3. The quantitative estimate of drug-likeness (QED) is 0.692. The van der Waals surface area contributed by atoms with Crippen molar-refractivity contribution in [2.75, 3.05) is 5.32 Å². The Kier molecular flexibility index (Phi) is 2.62. The van der Waals surface area contributed by atoms with Crippen LogP contribution in [-0.4, -0.2) is 23.0 Å². The van der Waals surface area contributed by atoms with Gasteiger partial charge in [0.05, 0.1) is 5.92 Å². The van der Waals surface area contributed by atoms with Crippen LogP contribution in [0.3, 0.4) is 0 Å². The molecule has 0 saturated heterocycles. The minimum absolute atomic E-state index is 0.123. The van der Waals surface area contributed by atoms with E-state index in [4.69, 9.17) is 10.8 Å². The van der Waals surface area contributed by atoms with Crippen molar-refractivity contribution in [2.24, 2.45) is 5.73 Å².